The van der Waals surface area contributed by atoms with Crippen molar-refractivity contribution in [2.75, 3.05) is 13.2 Å². The fourth-order valence-electron chi connectivity index (χ4n) is 3.46. The molecule has 0 radical (unpaired) electrons. The zero-order chi connectivity index (χ0) is 43.4. The Morgan fingerprint density at radius 2 is 0.593 bits per heavy atom. The molecule has 30 heteroatoms. The van der Waals surface area contributed by atoms with Gasteiger partial charge in [-0.15, -0.1) is 0 Å². The number of ether oxygens (including phenoxy) is 2. The first kappa shape index (κ1) is 48.4. The molecule has 0 fully saturated rings. The third-order valence-electron chi connectivity index (χ3n) is 6.66. The highest BCUT2D eigenvalue weighted by molar-refractivity contribution is 6.03. The number of carbonyl (C=O) groups excluding carboxylic acids is 2. The summed E-state index contributed by atoms with van der Waals surface area (Å²) in [6.45, 7) is -4.79. The van der Waals surface area contributed by atoms with Crippen LogP contribution in [0.4, 0.5) is 114 Å². The van der Waals surface area contributed by atoms with E-state index in [4.69, 9.17) is 0 Å². The SMILES string of the molecule is O=C(OCCC(F)(F)C(F)(F)C(F)(F)C(F)(F)C(F)(F)C(F)(F)F)c1ccccc1C(=O)OCCC(F)(F)C(F)(F)C(F)(F)C(F)(F)C(F)(F)C(F)(F)F. The Morgan fingerprint density at radius 3 is 0.815 bits per heavy atom. The minimum absolute atomic E-state index is 0.311. The van der Waals surface area contributed by atoms with Crippen molar-refractivity contribution in [3.8, 4) is 0 Å². The summed E-state index contributed by atoms with van der Waals surface area (Å²) >= 11 is 0. The number of benzene rings is 1. The summed E-state index contributed by atoms with van der Waals surface area (Å²) in [7, 11) is 0. The lowest BCUT2D eigenvalue weighted by atomic mass is 9.93. The van der Waals surface area contributed by atoms with Gasteiger partial charge in [0.15, 0.2) is 0 Å². The smallest absolute Gasteiger partial charge is 0.460 e. The maximum absolute atomic E-state index is 13.9. The van der Waals surface area contributed by atoms with Crippen LogP contribution in [-0.4, -0.2) is 96.7 Å². The maximum Gasteiger partial charge on any atom is 0.460 e. The van der Waals surface area contributed by atoms with Crippen molar-refractivity contribution in [1.29, 1.82) is 0 Å². The van der Waals surface area contributed by atoms with Gasteiger partial charge in [-0.2, -0.15) is 114 Å². The number of alkyl halides is 26. The summed E-state index contributed by atoms with van der Waals surface area (Å²) < 4.78 is 350. The van der Waals surface area contributed by atoms with E-state index in [-0.39, 0.29) is 0 Å². The van der Waals surface area contributed by atoms with Crippen LogP contribution in [0.5, 0.6) is 0 Å². The monoisotopic (exact) mass is 858 g/mol. The number of hydrogen-bond donors (Lipinski definition) is 0. The molecule has 0 amide bonds. The Hall–Kier alpha value is -3.66. The van der Waals surface area contributed by atoms with E-state index in [0.29, 0.717) is 24.3 Å². The Morgan fingerprint density at radius 1 is 0.370 bits per heavy atom. The molecule has 54 heavy (non-hydrogen) atoms. The van der Waals surface area contributed by atoms with Crippen LogP contribution >= 0.6 is 0 Å². The largest absolute Gasteiger partial charge is 0.462 e. The average Bonchev–Trinajstić information content (AvgIpc) is 2.98. The first-order chi connectivity index (χ1) is 23.5. The van der Waals surface area contributed by atoms with Gasteiger partial charge in [0.25, 0.3) is 0 Å². The van der Waals surface area contributed by atoms with Gasteiger partial charge in [0, 0.05) is 0 Å². The molecule has 0 atom stereocenters. The number of esters is 2. The van der Waals surface area contributed by atoms with Gasteiger partial charge in [0.05, 0.1) is 37.2 Å². The van der Waals surface area contributed by atoms with Crippen LogP contribution < -0.4 is 0 Å². The second kappa shape index (κ2) is 14.1. The molecule has 0 spiro atoms. The van der Waals surface area contributed by atoms with Crippen LogP contribution in [0.25, 0.3) is 0 Å². The first-order valence-electron chi connectivity index (χ1n) is 12.8. The standard InChI is InChI=1S/C24H12F26O4/c25-13(26,15(29,30)17(33,34)19(37,38)21(41,42)23(45,46)47)5-7-53-11(51)9-3-1-2-4-10(9)12(52)54-8-6-14(27,28)16(31,32)18(35,36)20(39,40)22(43,44)24(48,49)50/h1-4H,5-8H2. The summed E-state index contributed by atoms with van der Waals surface area (Å²) in [5.74, 6) is -82.8. The molecule has 0 saturated carbocycles. The van der Waals surface area contributed by atoms with Crippen LogP contribution in [0, 0.1) is 0 Å². The van der Waals surface area contributed by atoms with E-state index in [9.17, 15) is 124 Å². The van der Waals surface area contributed by atoms with E-state index in [0.717, 1.165) is 0 Å². The maximum atomic E-state index is 13.9. The third kappa shape index (κ3) is 7.61. The predicted octanol–water partition coefficient (Wildman–Crippen LogP) is 10.3. The molecule has 0 N–H and O–H groups in total. The normalized spacial score (nSPS) is 15.3. The topological polar surface area (TPSA) is 52.6 Å². The van der Waals surface area contributed by atoms with Crippen molar-refractivity contribution in [3.63, 3.8) is 0 Å². The van der Waals surface area contributed by atoms with Crippen molar-refractivity contribution in [2.24, 2.45) is 0 Å². The van der Waals surface area contributed by atoms with E-state index in [1.54, 1.807) is 0 Å². The molecular formula is C24H12F26O4. The summed E-state index contributed by atoms with van der Waals surface area (Å²) in [5.41, 5.74) is -2.84. The van der Waals surface area contributed by atoms with Gasteiger partial charge in [0.2, 0.25) is 0 Å². The van der Waals surface area contributed by atoms with Gasteiger partial charge in [-0.25, -0.2) is 9.59 Å². The van der Waals surface area contributed by atoms with Crippen LogP contribution in [0.15, 0.2) is 24.3 Å². The van der Waals surface area contributed by atoms with Crippen LogP contribution in [0.2, 0.25) is 0 Å². The molecule has 0 unspecified atom stereocenters. The van der Waals surface area contributed by atoms with Gasteiger partial charge in [0.1, 0.15) is 0 Å². The molecule has 314 valence electrons. The van der Waals surface area contributed by atoms with Gasteiger partial charge in [-0.1, -0.05) is 12.1 Å². The Balaban J connectivity index is 3.16. The summed E-state index contributed by atoms with van der Waals surface area (Å²) in [4.78, 5) is 24.3. The Labute approximate surface area is 279 Å². The van der Waals surface area contributed by atoms with Gasteiger partial charge in [-0.3, -0.25) is 0 Å². The zero-order valence-corrected chi connectivity index (χ0v) is 24.6. The van der Waals surface area contributed by atoms with Crippen LogP contribution in [-0.2, 0) is 9.47 Å². The molecule has 0 aliphatic rings. The molecule has 1 aromatic rings. The minimum atomic E-state index is -8.27. The highest BCUT2D eigenvalue weighted by atomic mass is 19.4. The lowest BCUT2D eigenvalue weighted by Crippen LogP contribution is -2.70. The van der Waals surface area contributed by atoms with Gasteiger partial charge in [-0.05, 0) is 12.1 Å². The van der Waals surface area contributed by atoms with Gasteiger partial charge < -0.3 is 9.47 Å². The molecule has 0 bridgehead atoms. The van der Waals surface area contributed by atoms with E-state index >= 15 is 0 Å². The van der Waals surface area contributed by atoms with Crippen molar-refractivity contribution in [1.82, 2.24) is 0 Å². The van der Waals surface area contributed by atoms with Crippen LogP contribution in [0.1, 0.15) is 33.6 Å². The molecule has 1 aromatic carbocycles. The van der Waals surface area contributed by atoms with E-state index < -0.39 is 121 Å². The lowest BCUT2D eigenvalue weighted by Gasteiger charge is -2.39. The second-order valence-electron chi connectivity index (χ2n) is 10.3. The highest BCUT2D eigenvalue weighted by Gasteiger charge is 2.92. The summed E-state index contributed by atoms with van der Waals surface area (Å²) in [5, 5.41) is 0. The molecule has 0 aromatic heterocycles. The molecule has 0 heterocycles. The molecule has 4 nitrogen and oxygen atoms in total. The first-order valence-corrected chi connectivity index (χ1v) is 12.8. The minimum Gasteiger partial charge on any atom is -0.462 e. The van der Waals surface area contributed by atoms with Crippen LogP contribution in [0.3, 0.4) is 0 Å². The highest BCUT2D eigenvalue weighted by Crippen LogP contribution is 2.62. The summed E-state index contributed by atoms with van der Waals surface area (Å²) in [6.07, 6.45) is -21.6. The van der Waals surface area contributed by atoms with E-state index in [1.165, 1.54) is 0 Å². The summed E-state index contributed by atoms with van der Waals surface area (Å²) in [6, 6.07) is 1.91. The van der Waals surface area contributed by atoms with Gasteiger partial charge >= 0.3 is 83.5 Å². The predicted molar refractivity (Wildman–Crippen MR) is 118 cm³/mol. The fourth-order valence-corrected chi connectivity index (χ4v) is 3.46. The molecule has 0 saturated heterocycles. The quantitative estimate of drug-likeness (QED) is 0.123. The van der Waals surface area contributed by atoms with E-state index in [1.807, 2.05) is 0 Å². The second-order valence-corrected chi connectivity index (χ2v) is 10.3. The number of rotatable bonds is 16. The number of hydrogen-bond acceptors (Lipinski definition) is 4. The lowest BCUT2D eigenvalue weighted by molar-refractivity contribution is -0.440. The zero-order valence-electron chi connectivity index (χ0n) is 24.6. The van der Waals surface area contributed by atoms with Crippen molar-refractivity contribution in [3.05, 3.63) is 35.4 Å². The van der Waals surface area contributed by atoms with Crippen molar-refractivity contribution in [2.45, 2.75) is 84.4 Å². The Bertz CT molecular complexity index is 1400. The molecule has 1 rings (SSSR count). The number of halogens is 26. The molecular weight excluding hydrogens is 846 g/mol. The molecule has 0 aliphatic heterocycles. The fraction of sp³-hybridized carbons (Fsp3) is 0.667. The van der Waals surface area contributed by atoms with E-state index in [2.05, 4.69) is 9.47 Å². The third-order valence-corrected chi connectivity index (χ3v) is 6.66. The Kier molecular flexibility index (Phi) is 12.7. The van der Waals surface area contributed by atoms with Crippen molar-refractivity contribution >= 4 is 11.9 Å². The van der Waals surface area contributed by atoms with Crippen molar-refractivity contribution < 1.29 is 133 Å². The molecule has 0 aliphatic carbocycles. The average molecular weight is 858 g/mol. The number of carbonyl (C=O) groups is 2.